The number of halogens is 2. The maximum atomic E-state index is 13.0. The van der Waals surface area contributed by atoms with E-state index in [4.69, 9.17) is 23.2 Å². The largest absolute Gasteiger partial charge is 0.388 e. The summed E-state index contributed by atoms with van der Waals surface area (Å²) in [6.07, 6.45) is 5.66. The zero-order chi connectivity index (χ0) is 21.8. The quantitative estimate of drug-likeness (QED) is 0.644. The van der Waals surface area contributed by atoms with E-state index in [-0.39, 0.29) is 23.9 Å². The van der Waals surface area contributed by atoms with Crippen LogP contribution in [0.15, 0.2) is 35.5 Å². The van der Waals surface area contributed by atoms with Gasteiger partial charge in [-0.05, 0) is 43.9 Å². The number of rotatable bonds is 4. The Balaban J connectivity index is 1.38. The van der Waals surface area contributed by atoms with E-state index >= 15 is 0 Å². The van der Waals surface area contributed by atoms with Crippen LogP contribution < -0.4 is 5.56 Å². The predicted molar refractivity (Wildman–Crippen MR) is 117 cm³/mol. The molecule has 1 saturated heterocycles. The van der Waals surface area contributed by atoms with Gasteiger partial charge in [0.2, 0.25) is 5.91 Å². The number of benzene rings is 1. The molecule has 0 radical (unpaired) electrons. The maximum Gasteiger partial charge on any atom is 0.264 e. The number of aliphatic hydroxyl groups is 1. The standard InChI is InChI=1S/C21H21Cl2N5O3/c22-14-3-4-17(16(23)9-14)28-18-15(10-25-28)20(30)27(12-24-18)11-21(31)5-7-26(8-6-21)19(29)13-1-2-13/h3-4,9-10,12-13,31H,1-2,5-8,11H2. The minimum Gasteiger partial charge on any atom is -0.388 e. The van der Waals surface area contributed by atoms with Gasteiger partial charge in [0, 0.05) is 24.0 Å². The third-order valence-electron chi connectivity index (χ3n) is 6.09. The van der Waals surface area contributed by atoms with E-state index in [2.05, 4.69) is 10.1 Å². The average molecular weight is 462 g/mol. The smallest absolute Gasteiger partial charge is 0.264 e. The van der Waals surface area contributed by atoms with Crippen LogP contribution >= 0.6 is 23.2 Å². The molecule has 3 heterocycles. The molecule has 10 heteroatoms. The number of amides is 1. The van der Waals surface area contributed by atoms with Gasteiger partial charge < -0.3 is 10.0 Å². The van der Waals surface area contributed by atoms with Gasteiger partial charge in [-0.1, -0.05) is 23.2 Å². The summed E-state index contributed by atoms with van der Waals surface area (Å²) in [5.41, 5.74) is -0.403. The van der Waals surface area contributed by atoms with E-state index in [0.29, 0.717) is 52.7 Å². The Morgan fingerprint density at radius 2 is 1.97 bits per heavy atom. The Bertz CT molecular complexity index is 1230. The molecule has 1 saturated carbocycles. The fraction of sp³-hybridized carbons (Fsp3) is 0.429. The Kier molecular flexibility index (Phi) is 5.03. The molecule has 0 spiro atoms. The van der Waals surface area contributed by atoms with Crippen molar-refractivity contribution in [2.24, 2.45) is 5.92 Å². The number of fused-ring (bicyclic) bond motifs is 1. The van der Waals surface area contributed by atoms with E-state index in [1.54, 1.807) is 18.2 Å². The first kappa shape index (κ1) is 20.5. The summed E-state index contributed by atoms with van der Waals surface area (Å²) < 4.78 is 2.91. The summed E-state index contributed by atoms with van der Waals surface area (Å²) in [7, 11) is 0. The zero-order valence-corrected chi connectivity index (χ0v) is 18.2. The van der Waals surface area contributed by atoms with Gasteiger partial charge in [-0.3, -0.25) is 14.2 Å². The summed E-state index contributed by atoms with van der Waals surface area (Å²) >= 11 is 12.2. The molecule has 2 fully saturated rings. The van der Waals surface area contributed by atoms with E-state index in [9.17, 15) is 14.7 Å². The third-order valence-corrected chi connectivity index (χ3v) is 6.63. The monoisotopic (exact) mass is 461 g/mol. The number of hydrogen-bond acceptors (Lipinski definition) is 5. The van der Waals surface area contributed by atoms with Crippen LogP contribution in [0.3, 0.4) is 0 Å². The average Bonchev–Trinajstić information content (AvgIpc) is 3.50. The summed E-state index contributed by atoms with van der Waals surface area (Å²) in [6, 6.07) is 5.00. The van der Waals surface area contributed by atoms with Crippen molar-refractivity contribution in [2.45, 2.75) is 37.8 Å². The Morgan fingerprint density at radius 3 is 2.65 bits per heavy atom. The summed E-state index contributed by atoms with van der Waals surface area (Å²) in [6.45, 7) is 1.12. The Morgan fingerprint density at radius 1 is 1.23 bits per heavy atom. The van der Waals surface area contributed by atoms with E-state index in [1.165, 1.54) is 21.8 Å². The lowest BCUT2D eigenvalue weighted by atomic mass is 9.91. The lowest BCUT2D eigenvalue weighted by Crippen LogP contribution is -2.50. The van der Waals surface area contributed by atoms with Crippen LogP contribution in [0.25, 0.3) is 16.7 Å². The number of likely N-dealkylation sites (tertiary alicyclic amines) is 1. The Hall–Kier alpha value is -2.42. The van der Waals surface area contributed by atoms with Crippen molar-refractivity contribution < 1.29 is 9.90 Å². The van der Waals surface area contributed by atoms with Crippen LogP contribution in [-0.4, -0.2) is 53.9 Å². The van der Waals surface area contributed by atoms with Gasteiger partial charge >= 0.3 is 0 Å². The molecule has 1 aliphatic heterocycles. The van der Waals surface area contributed by atoms with Crippen molar-refractivity contribution in [2.75, 3.05) is 13.1 Å². The predicted octanol–water partition coefficient (Wildman–Crippen LogP) is 2.65. The van der Waals surface area contributed by atoms with Gasteiger partial charge in [0.1, 0.15) is 11.7 Å². The van der Waals surface area contributed by atoms with Crippen LogP contribution in [0, 0.1) is 5.92 Å². The van der Waals surface area contributed by atoms with Gasteiger partial charge in [-0.25, -0.2) is 9.67 Å². The van der Waals surface area contributed by atoms with E-state index in [0.717, 1.165) is 12.8 Å². The maximum absolute atomic E-state index is 13.0. The molecular formula is C21H21Cl2N5O3. The molecule has 8 nitrogen and oxygen atoms in total. The second kappa shape index (κ2) is 7.62. The number of carbonyl (C=O) groups is 1. The number of piperidine rings is 1. The van der Waals surface area contributed by atoms with E-state index < -0.39 is 5.60 Å². The fourth-order valence-electron chi connectivity index (χ4n) is 4.10. The molecule has 0 atom stereocenters. The first-order chi connectivity index (χ1) is 14.8. The summed E-state index contributed by atoms with van der Waals surface area (Å²) in [5, 5.41) is 16.5. The van der Waals surface area contributed by atoms with Crippen LogP contribution in [0.2, 0.25) is 10.0 Å². The van der Waals surface area contributed by atoms with Crippen molar-refractivity contribution in [1.29, 1.82) is 0 Å². The summed E-state index contributed by atoms with van der Waals surface area (Å²) in [4.78, 5) is 31.5. The number of aromatic nitrogens is 4. The number of carbonyl (C=O) groups excluding carboxylic acids is 1. The molecule has 1 aliphatic carbocycles. The molecule has 2 aromatic heterocycles. The van der Waals surface area contributed by atoms with Gasteiger partial charge in [-0.15, -0.1) is 0 Å². The Labute approximate surface area is 188 Å². The molecular weight excluding hydrogens is 441 g/mol. The van der Waals surface area contributed by atoms with Gasteiger partial charge in [0.05, 0.1) is 29.1 Å². The highest BCUT2D eigenvalue weighted by Gasteiger charge is 2.39. The second-order valence-corrected chi connectivity index (χ2v) is 9.23. The van der Waals surface area contributed by atoms with E-state index in [1.807, 2.05) is 4.90 Å². The number of hydrogen-bond donors (Lipinski definition) is 1. The summed E-state index contributed by atoms with van der Waals surface area (Å²) in [5.74, 6) is 0.363. The van der Waals surface area contributed by atoms with Crippen molar-refractivity contribution in [3.8, 4) is 5.69 Å². The van der Waals surface area contributed by atoms with Crippen LogP contribution in [-0.2, 0) is 11.3 Å². The van der Waals surface area contributed by atoms with Crippen LogP contribution in [0.4, 0.5) is 0 Å². The van der Waals surface area contributed by atoms with Crippen molar-refractivity contribution in [1.82, 2.24) is 24.2 Å². The topological polar surface area (TPSA) is 93.2 Å². The van der Waals surface area contributed by atoms with Crippen molar-refractivity contribution in [3.63, 3.8) is 0 Å². The first-order valence-corrected chi connectivity index (χ1v) is 11.0. The van der Waals surface area contributed by atoms with Crippen molar-refractivity contribution >= 4 is 40.1 Å². The molecule has 31 heavy (non-hydrogen) atoms. The third kappa shape index (κ3) is 3.84. The lowest BCUT2D eigenvalue weighted by molar-refractivity contribution is -0.137. The minimum atomic E-state index is -1.06. The fourth-order valence-corrected chi connectivity index (χ4v) is 4.59. The SMILES string of the molecule is O=C(C1CC1)N1CCC(O)(Cn2cnc3c(cnn3-c3ccc(Cl)cc3Cl)c2=O)CC1. The lowest BCUT2D eigenvalue weighted by Gasteiger charge is -2.38. The van der Waals surface area contributed by atoms with Crippen LogP contribution in [0.1, 0.15) is 25.7 Å². The highest BCUT2D eigenvalue weighted by Crippen LogP contribution is 2.33. The normalized spacial score (nSPS) is 18.5. The van der Waals surface area contributed by atoms with Crippen LogP contribution in [0.5, 0.6) is 0 Å². The highest BCUT2D eigenvalue weighted by atomic mass is 35.5. The molecule has 2 aliphatic rings. The minimum absolute atomic E-state index is 0.118. The molecule has 5 rings (SSSR count). The molecule has 0 unspecified atom stereocenters. The zero-order valence-electron chi connectivity index (χ0n) is 16.7. The molecule has 162 valence electrons. The van der Waals surface area contributed by atoms with Gasteiger partial charge in [0.15, 0.2) is 5.65 Å². The first-order valence-electron chi connectivity index (χ1n) is 10.2. The highest BCUT2D eigenvalue weighted by molar-refractivity contribution is 6.35. The molecule has 1 aromatic carbocycles. The molecule has 1 N–H and O–H groups in total. The van der Waals surface area contributed by atoms with Gasteiger partial charge in [0.25, 0.3) is 5.56 Å². The molecule has 3 aromatic rings. The second-order valence-electron chi connectivity index (χ2n) is 8.39. The van der Waals surface area contributed by atoms with Gasteiger partial charge in [-0.2, -0.15) is 5.10 Å². The van der Waals surface area contributed by atoms with Crippen molar-refractivity contribution in [3.05, 3.63) is 51.1 Å². The number of nitrogens with zero attached hydrogens (tertiary/aromatic N) is 5. The molecule has 1 amide bonds. The molecule has 0 bridgehead atoms.